The van der Waals surface area contributed by atoms with Crippen LogP contribution in [0.1, 0.15) is 110 Å². The zero-order chi connectivity index (χ0) is 45.5. The van der Waals surface area contributed by atoms with Crippen LogP contribution >= 0.6 is 0 Å². The first-order valence-corrected chi connectivity index (χ1v) is 24.2. The molecule has 6 fully saturated rings. The van der Waals surface area contributed by atoms with E-state index in [1.54, 1.807) is 7.11 Å². The Morgan fingerprint density at radius 1 is 0.938 bits per heavy atom. The number of piperidine rings is 2. The number of tetrazole rings is 1. The van der Waals surface area contributed by atoms with Gasteiger partial charge >= 0.3 is 5.69 Å². The van der Waals surface area contributed by atoms with Crippen molar-refractivity contribution >= 4 is 11.6 Å². The van der Waals surface area contributed by atoms with Gasteiger partial charge in [0.2, 0.25) is 5.91 Å². The van der Waals surface area contributed by atoms with E-state index >= 15 is 0 Å². The number of nitrogens with zero attached hydrogens (tertiary/aromatic N) is 7. The molecule has 2 spiro atoms. The molecule has 4 heterocycles. The summed E-state index contributed by atoms with van der Waals surface area (Å²) in [6.45, 7) is 18.4. The van der Waals surface area contributed by atoms with E-state index in [9.17, 15) is 19.8 Å². The minimum absolute atomic E-state index is 0.0294. The van der Waals surface area contributed by atoms with Crippen LogP contribution in [0.25, 0.3) is 0 Å². The summed E-state index contributed by atoms with van der Waals surface area (Å²) in [6.07, 6.45) is 9.69. The molecule has 64 heavy (non-hydrogen) atoms. The highest BCUT2D eigenvalue weighted by Gasteiger charge is 2.82. The fraction of sp³-hybridized carbons (Fsp3) is 0.720. The second-order valence-corrected chi connectivity index (χ2v) is 21.5. The van der Waals surface area contributed by atoms with Crippen LogP contribution < -0.4 is 15.3 Å². The first-order chi connectivity index (χ1) is 30.6. The molecule has 11 rings (SSSR count). The SMILES string of the molecule is CCC(=O)N(c1ccccc1)C1(COC)CCN(CCn2nnn(CC)c2=O)CC1.CO[C@@]12CC[C@@]3(C[C@@H]1[C@](C)(O)C(C)(C)C)[C@H]1Cc4ccc(O)c5c4[C@@]3(CCN1CC1CC1)[C@H]2O5. The number of aryl methyl sites for hydroxylation is 1. The molecule has 3 aromatic rings. The van der Waals surface area contributed by atoms with Crippen molar-refractivity contribution in [1.82, 2.24) is 29.6 Å². The van der Waals surface area contributed by atoms with Gasteiger partial charge < -0.3 is 34.2 Å². The third-order valence-corrected chi connectivity index (χ3v) is 17.7. The number of anilines is 1. The summed E-state index contributed by atoms with van der Waals surface area (Å²) in [5.74, 6) is 1.91. The Balaban J connectivity index is 0.000000164. The summed E-state index contributed by atoms with van der Waals surface area (Å²) in [5.41, 5.74) is 1.15. The minimum atomic E-state index is -0.909. The van der Waals surface area contributed by atoms with Crippen LogP contribution in [0.2, 0.25) is 0 Å². The largest absolute Gasteiger partial charge is 0.504 e. The molecule has 7 atom stereocenters. The van der Waals surface area contributed by atoms with E-state index in [0.717, 1.165) is 82.7 Å². The number of hydrogen-bond donors (Lipinski definition) is 2. The van der Waals surface area contributed by atoms with Crippen LogP contribution in [0.5, 0.6) is 11.5 Å². The third kappa shape index (κ3) is 6.81. The van der Waals surface area contributed by atoms with Gasteiger partial charge in [0.05, 0.1) is 24.3 Å². The maximum absolute atomic E-state index is 13.0. The zero-order valence-electron chi connectivity index (χ0n) is 39.6. The molecule has 2 N–H and O–H groups in total. The summed E-state index contributed by atoms with van der Waals surface area (Å²) >= 11 is 0. The summed E-state index contributed by atoms with van der Waals surface area (Å²) in [7, 11) is 3.52. The number of hydrogen-bond acceptors (Lipinski definition) is 11. The summed E-state index contributed by atoms with van der Waals surface area (Å²) in [6, 6.07) is 14.3. The van der Waals surface area contributed by atoms with Crippen molar-refractivity contribution in [3.05, 3.63) is 64.1 Å². The smallest absolute Gasteiger partial charge is 0.363 e. The average molecular weight is 884 g/mol. The van der Waals surface area contributed by atoms with Crippen molar-refractivity contribution < 1.29 is 29.2 Å². The van der Waals surface area contributed by atoms with Gasteiger partial charge in [0.1, 0.15) is 11.7 Å². The zero-order valence-corrected chi connectivity index (χ0v) is 39.6. The number of fused-ring (bicyclic) bond motifs is 2. The van der Waals surface area contributed by atoms with E-state index in [2.05, 4.69) is 47.1 Å². The Kier molecular flexibility index (Phi) is 11.7. The molecule has 14 nitrogen and oxygen atoms in total. The van der Waals surface area contributed by atoms with Crippen molar-refractivity contribution in [2.75, 3.05) is 58.5 Å². The maximum Gasteiger partial charge on any atom is 0.363 e. The molecule has 1 amide bonds. The molecule has 1 aromatic heterocycles. The van der Waals surface area contributed by atoms with E-state index in [0.29, 0.717) is 37.9 Å². The number of carbonyl (C=O) groups is 1. The van der Waals surface area contributed by atoms with Crippen molar-refractivity contribution in [2.24, 2.45) is 22.7 Å². The number of ether oxygens (including phenoxy) is 3. The lowest BCUT2D eigenvalue weighted by molar-refractivity contribution is -0.312. The number of rotatable bonds is 13. The Labute approximate surface area is 379 Å². The fourth-order valence-electron chi connectivity index (χ4n) is 13.8. The van der Waals surface area contributed by atoms with Gasteiger partial charge in [0.15, 0.2) is 11.5 Å². The molecule has 8 aliphatic rings. The molecule has 5 aliphatic carbocycles. The number of likely N-dealkylation sites (tertiary alicyclic amines) is 2. The third-order valence-electron chi connectivity index (χ3n) is 17.7. The lowest BCUT2D eigenvalue weighted by Gasteiger charge is -2.75. The van der Waals surface area contributed by atoms with E-state index in [1.165, 1.54) is 39.9 Å². The number of aliphatic hydroxyl groups is 1. The van der Waals surface area contributed by atoms with Gasteiger partial charge in [-0.15, -0.1) is 0 Å². The molecule has 2 saturated heterocycles. The Morgan fingerprint density at radius 3 is 2.28 bits per heavy atom. The number of aromatic nitrogens is 4. The predicted octanol–water partition coefficient (Wildman–Crippen LogP) is 5.80. The second kappa shape index (κ2) is 16.5. The quantitative estimate of drug-likeness (QED) is 0.215. The fourth-order valence-corrected chi connectivity index (χ4v) is 13.8. The Morgan fingerprint density at radius 2 is 1.66 bits per heavy atom. The molecular weight excluding hydrogens is 811 g/mol. The van der Waals surface area contributed by atoms with Crippen molar-refractivity contribution in [3.63, 3.8) is 0 Å². The molecule has 0 radical (unpaired) electrons. The monoisotopic (exact) mass is 884 g/mol. The normalized spacial score (nSPS) is 31.0. The van der Waals surface area contributed by atoms with Gasteiger partial charge in [0.25, 0.3) is 0 Å². The maximum atomic E-state index is 13.0. The van der Waals surface area contributed by atoms with Gasteiger partial charge in [0, 0.05) is 87.4 Å². The molecule has 0 unspecified atom stereocenters. The minimum Gasteiger partial charge on any atom is -0.504 e. The van der Waals surface area contributed by atoms with Gasteiger partial charge in [-0.1, -0.05) is 52.0 Å². The standard InChI is InChI=1S/C29H41NO4.C21H32N6O3/c1-25(2,3)26(4,32)20-15-27-10-11-29(20,33-5)24-28(27)12-13-30(16-17-6-7-17)21(27)14-18-8-9-19(31)23(34-24)22(18)28;1-4-19(28)27(18-9-7-6-8-10-18)21(17-30-3)11-13-24(14-12-21)15-16-26-20(29)25(5-2)22-23-26/h8-9,17,20-21,24,31-32H,6-7,10-16H2,1-5H3;6-10H,4-5,11-17H2,1-3H3/t20-,21-,24-,26+,27-,28+,29+;/m1./s1. The number of para-hydroxylation sites is 1. The van der Waals surface area contributed by atoms with Crippen molar-refractivity contribution in [1.29, 1.82) is 0 Å². The van der Waals surface area contributed by atoms with Crippen LogP contribution in [-0.2, 0) is 39.2 Å². The molecule has 2 aromatic carbocycles. The number of carbonyl (C=O) groups excluding carboxylic acids is 1. The van der Waals surface area contributed by atoms with Crippen molar-refractivity contribution in [3.8, 4) is 11.5 Å². The van der Waals surface area contributed by atoms with Crippen LogP contribution in [-0.4, -0.2) is 128 Å². The summed E-state index contributed by atoms with van der Waals surface area (Å²) < 4.78 is 21.8. The van der Waals surface area contributed by atoms with Crippen LogP contribution in [0.3, 0.4) is 0 Å². The number of benzene rings is 2. The topological polar surface area (TPSA) is 148 Å². The Bertz CT molecular complexity index is 2240. The number of phenols is 1. The summed E-state index contributed by atoms with van der Waals surface area (Å²) in [4.78, 5) is 32.2. The first kappa shape index (κ1) is 45.3. The van der Waals surface area contributed by atoms with Crippen LogP contribution in [0.15, 0.2) is 47.3 Å². The molecular formula is C50H73N7O7. The van der Waals surface area contributed by atoms with Crippen LogP contribution in [0, 0.1) is 22.7 Å². The highest BCUT2D eigenvalue weighted by molar-refractivity contribution is 5.94. The first-order valence-electron chi connectivity index (χ1n) is 24.2. The van der Waals surface area contributed by atoms with Gasteiger partial charge in [-0.3, -0.25) is 9.69 Å². The second-order valence-electron chi connectivity index (χ2n) is 21.5. The van der Waals surface area contributed by atoms with Gasteiger partial charge in [-0.05, 0) is 124 Å². The average Bonchev–Trinajstić information content (AvgIpc) is 3.93. The Hall–Kier alpha value is -3.82. The lowest BCUT2D eigenvalue weighted by atomic mass is 9.33. The number of phenolic OH excluding ortho intramolecular Hbond substituents is 1. The van der Waals surface area contributed by atoms with E-state index in [4.69, 9.17) is 14.2 Å². The van der Waals surface area contributed by atoms with E-state index < -0.39 is 11.2 Å². The van der Waals surface area contributed by atoms with E-state index in [1.807, 2.05) is 69.2 Å². The summed E-state index contributed by atoms with van der Waals surface area (Å²) in [5, 5.41) is 31.0. The number of aromatic hydroxyl groups is 1. The highest BCUT2D eigenvalue weighted by atomic mass is 16.6. The number of methoxy groups -OCH3 is 2. The lowest BCUT2D eigenvalue weighted by Crippen LogP contribution is -2.83. The van der Waals surface area contributed by atoms with E-state index in [-0.39, 0.29) is 51.2 Å². The molecule has 14 heteroatoms. The van der Waals surface area contributed by atoms with Crippen molar-refractivity contribution in [2.45, 2.75) is 153 Å². The molecule has 350 valence electrons. The highest BCUT2D eigenvalue weighted by Crippen LogP contribution is 2.78. The van der Waals surface area contributed by atoms with Gasteiger partial charge in [-0.2, -0.15) is 9.36 Å². The molecule has 4 saturated carbocycles. The number of amides is 1. The van der Waals surface area contributed by atoms with Gasteiger partial charge in [-0.25, -0.2) is 4.79 Å². The van der Waals surface area contributed by atoms with Crippen LogP contribution in [0.4, 0.5) is 5.69 Å². The molecule has 4 bridgehead atoms. The predicted molar refractivity (Wildman–Crippen MR) is 245 cm³/mol. The molecule has 3 aliphatic heterocycles.